The largest absolute Gasteiger partial charge is 0.415 e. The number of hydrogen-bond acceptors (Lipinski definition) is 2. The Morgan fingerprint density at radius 1 is 1.46 bits per heavy atom. The Kier molecular flexibility index (Phi) is 9.87. The molecule has 0 aliphatic carbocycles. The molecule has 0 aromatic carbocycles. The lowest BCUT2D eigenvalue weighted by Crippen LogP contribution is -2.13. The summed E-state index contributed by atoms with van der Waals surface area (Å²) in [7, 11) is 0.592. The molecule has 0 amide bonds. The van der Waals surface area contributed by atoms with Gasteiger partial charge in [-0.2, -0.15) is 0 Å². The molecular weight excluding hydrogens is 180 g/mol. The summed E-state index contributed by atoms with van der Waals surface area (Å²) < 4.78 is 10.8. The molecular formula is C10H20O2Si. The van der Waals surface area contributed by atoms with Gasteiger partial charge in [0.1, 0.15) is 0 Å². The van der Waals surface area contributed by atoms with Gasteiger partial charge >= 0.3 is 0 Å². The van der Waals surface area contributed by atoms with Crippen molar-refractivity contribution in [3.63, 3.8) is 0 Å². The summed E-state index contributed by atoms with van der Waals surface area (Å²) in [5.41, 5.74) is 0. The van der Waals surface area contributed by atoms with Gasteiger partial charge in [0.25, 0.3) is 0 Å². The van der Waals surface area contributed by atoms with Crippen molar-refractivity contribution in [1.82, 2.24) is 0 Å². The lowest BCUT2D eigenvalue weighted by Gasteiger charge is -2.09. The minimum atomic E-state index is 0.361. The van der Waals surface area contributed by atoms with Crippen molar-refractivity contribution in [3.8, 4) is 0 Å². The summed E-state index contributed by atoms with van der Waals surface area (Å²) in [5.74, 6) is 0. The fourth-order valence-corrected chi connectivity index (χ4v) is 1.41. The quantitative estimate of drug-likeness (QED) is 0.323. The van der Waals surface area contributed by atoms with E-state index in [1.54, 1.807) is 0 Å². The van der Waals surface area contributed by atoms with Gasteiger partial charge in [-0.25, -0.2) is 0 Å². The Hall–Kier alpha value is -0.123. The highest BCUT2D eigenvalue weighted by molar-refractivity contribution is 6.27. The minimum absolute atomic E-state index is 0.361. The van der Waals surface area contributed by atoms with Crippen molar-refractivity contribution in [2.24, 2.45) is 0 Å². The molecule has 1 atom stereocenters. The summed E-state index contributed by atoms with van der Waals surface area (Å²) >= 11 is 0. The van der Waals surface area contributed by atoms with Crippen LogP contribution in [0.5, 0.6) is 0 Å². The van der Waals surface area contributed by atoms with Crippen molar-refractivity contribution in [1.29, 1.82) is 0 Å². The Balaban J connectivity index is 2.95. The van der Waals surface area contributed by atoms with E-state index in [1.807, 2.05) is 6.08 Å². The zero-order valence-corrected chi connectivity index (χ0v) is 9.71. The molecule has 13 heavy (non-hydrogen) atoms. The van der Waals surface area contributed by atoms with Crippen LogP contribution in [-0.4, -0.2) is 29.1 Å². The van der Waals surface area contributed by atoms with Crippen molar-refractivity contribution in [2.45, 2.75) is 38.8 Å². The standard InChI is InChI=1S/C10H20O2Si/c1-4-6-9-13-12-8-7-11-10(3)5-2/h4,10H,1,5-9H2,2-3H3. The third kappa shape index (κ3) is 9.79. The van der Waals surface area contributed by atoms with Crippen LogP contribution in [0.15, 0.2) is 12.7 Å². The van der Waals surface area contributed by atoms with E-state index in [-0.39, 0.29) is 0 Å². The zero-order valence-electron chi connectivity index (χ0n) is 8.71. The highest BCUT2D eigenvalue weighted by Gasteiger charge is 1.97. The Labute approximate surface area is 84.3 Å². The smallest absolute Gasteiger partial charge is 0.230 e. The zero-order chi connectivity index (χ0) is 9.94. The first-order chi connectivity index (χ1) is 6.31. The second kappa shape index (κ2) is 9.96. The monoisotopic (exact) mass is 200 g/mol. The molecule has 0 bridgehead atoms. The lowest BCUT2D eigenvalue weighted by molar-refractivity contribution is 0.0433. The first-order valence-corrected chi connectivity index (χ1v) is 6.00. The number of rotatable bonds is 9. The fraction of sp³-hybridized carbons (Fsp3) is 0.800. The van der Waals surface area contributed by atoms with Gasteiger partial charge in [-0.15, -0.1) is 6.58 Å². The van der Waals surface area contributed by atoms with Gasteiger partial charge in [0.15, 0.2) is 0 Å². The maximum absolute atomic E-state index is 5.46. The van der Waals surface area contributed by atoms with Crippen LogP contribution in [0.25, 0.3) is 0 Å². The van der Waals surface area contributed by atoms with E-state index in [1.165, 1.54) is 0 Å². The van der Waals surface area contributed by atoms with Gasteiger partial charge in [-0.05, 0) is 25.8 Å². The molecule has 76 valence electrons. The highest BCUT2D eigenvalue weighted by atomic mass is 28.2. The van der Waals surface area contributed by atoms with Crippen LogP contribution in [0.1, 0.15) is 26.7 Å². The van der Waals surface area contributed by atoms with E-state index in [9.17, 15) is 0 Å². The number of ether oxygens (including phenoxy) is 1. The highest BCUT2D eigenvalue weighted by Crippen LogP contribution is 1.95. The molecule has 1 unspecified atom stereocenters. The number of hydrogen-bond donors (Lipinski definition) is 0. The molecule has 0 spiro atoms. The van der Waals surface area contributed by atoms with Gasteiger partial charge < -0.3 is 9.16 Å². The first-order valence-electron chi connectivity index (χ1n) is 4.88. The lowest BCUT2D eigenvalue weighted by atomic mass is 10.3. The van der Waals surface area contributed by atoms with Crippen molar-refractivity contribution < 1.29 is 9.16 Å². The van der Waals surface area contributed by atoms with E-state index in [4.69, 9.17) is 9.16 Å². The average molecular weight is 200 g/mol. The van der Waals surface area contributed by atoms with Gasteiger partial charge in [0, 0.05) is 0 Å². The third-order valence-electron chi connectivity index (χ3n) is 1.72. The molecule has 0 saturated heterocycles. The second-order valence-electron chi connectivity index (χ2n) is 2.91. The normalized spacial score (nSPS) is 12.8. The van der Waals surface area contributed by atoms with Crippen molar-refractivity contribution in [2.75, 3.05) is 13.2 Å². The van der Waals surface area contributed by atoms with Gasteiger partial charge in [-0.1, -0.05) is 13.0 Å². The molecule has 0 aromatic rings. The Morgan fingerprint density at radius 3 is 2.85 bits per heavy atom. The predicted octanol–water partition coefficient (Wildman–Crippen LogP) is 2.43. The number of allylic oxidation sites excluding steroid dienone is 1. The Morgan fingerprint density at radius 2 is 2.23 bits per heavy atom. The van der Waals surface area contributed by atoms with E-state index in [0.717, 1.165) is 32.1 Å². The maximum Gasteiger partial charge on any atom is 0.230 e. The van der Waals surface area contributed by atoms with E-state index >= 15 is 0 Å². The van der Waals surface area contributed by atoms with Crippen LogP contribution in [-0.2, 0) is 9.16 Å². The topological polar surface area (TPSA) is 18.5 Å². The van der Waals surface area contributed by atoms with E-state index in [2.05, 4.69) is 20.4 Å². The first kappa shape index (κ1) is 12.9. The molecule has 2 radical (unpaired) electrons. The summed E-state index contributed by atoms with van der Waals surface area (Å²) in [6.45, 7) is 9.30. The average Bonchev–Trinajstić information content (AvgIpc) is 2.16. The van der Waals surface area contributed by atoms with E-state index in [0.29, 0.717) is 15.9 Å². The molecule has 0 aromatic heterocycles. The fourth-order valence-electron chi connectivity index (χ4n) is 0.714. The van der Waals surface area contributed by atoms with Crippen molar-refractivity contribution >= 4 is 9.76 Å². The van der Waals surface area contributed by atoms with Crippen LogP contribution < -0.4 is 0 Å². The second-order valence-corrected chi connectivity index (χ2v) is 3.99. The molecule has 0 aliphatic heterocycles. The Bertz CT molecular complexity index is 117. The minimum Gasteiger partial charge on any atom is -0.415 e. The van der Waals surface area contributed by atoms with Crippen LogP contribution >= 0.6 is 0 Å². The van der Waals surface area contributed by atoms with E-state index < -0.39 is 0 Å². The van der Waals surface area contributed by atoms with Crippen LogP contribution in [0.2, 0.25) is 6.04 Å². The van der Waals surface area contributed by atoms with Crippen LogP contribution in [0.4, 0.5) is 0 Å². The van der Waals surface area contributed by atoms with Crippen LogP contribution in [0.3, 0.4) is 0 Å². The molecule has 0 saturated carbocycles. The molecule has 3 heteroatoms. The summed E-state index contributed by atoms with van der Waals surface area (Å²) in [6, 6.07) is 1.09. The van der Waals surface area contributed by atoms with Gasteiger partial charge in [0.05, 0.1) is 19.3 Å². The predicted molar refractivity (Wildman–Crippen MR) is 57.0 cm³/mol. The molecule has 0 heterocycles. The molecule has 0 fully saturated rings. The van der Waals surface area contributed by atoms with Gasteiger partial charge in [0.2, 0.25) is 9.76 Å². The maximum atomic E-state index is 5.46. The van der Waals surface area contributed by atoms with Crippen molar-refractivity contribution in [3.05, 3.63) is 12.7 Å². The molecule has 0 rings (SSSR count). The van der Waals surface area contributed by atoms with Crippen LogP contribution in [0, 0.1) is 0 Å². The summed E-state index contributed by atoms with van der Waals surface area (Å²) in [4.78, 5) is 0. The SMILES string of the molecule is C=CCC[Si]OCCOC(C)CC. The summed E-state index contributed by atoms with van der Waals surface area (Å²) in [5, 5.41) is 0. The molecule has 2 nitrogen and oxygen atoms in total. The molecule has 0 aliphatic rings. The third-order valence-corrected chi connectivity index (χ3v) is 2.62. The molecule has 0 N–H and O–H groups in total. The van der Waals surface area contributed by atoms with Gasteiger partial charge in [-0.3, -0.25) is 0 Å². The summed E-state index contributed by atoms with van der Waals surface area (Å²) in [6.07, 6.45) is 4.40.